The van der Waals surface area contributed by atoms with E-state index in [4.69, 9.17) is 4.74 Å². The summed E-state index contributed by atoms with van der Waals surface area (Å²) in [4.78, 5) is 2.50. The first-order valence-electron chi connectivity index (χ1n) is 7.50. The van der Waals surface area contributed by atoms with E-state index in [-0.39, 0.29) is 0 Å². The number of nitrogens with zero attached hydrogens (tertiary/aromatic N) is 1. The second kappa shape index (κ2) is 5.93. The molecule has 0 amide bonds. The fourth-order valence-electron chi connectivity index (χ4n) is 3.23. The van der Waals surface area contributed by atoms with Crippen LogP contribution in [0.1, 0.15) is 37.3 Å². The highest BCUT2D eigenvalue weighted by atomic mass is 16.5. The van der Waals surface area contributed by atoms with Crippen LogP contribution in [0.3, 0.4) is 0 Å². The molecule has 1 N–H and O–H groups in total. The molecule has 0 bridgehead atoms. The second-order valence-electron chi connectivity index (χ2n) is 5.77. The minimum Gasteiger partial charge on any atom is -0.493 e. The van der Waals surface area contributed by atoms with Gasteiger partial charge >= 0.3 is 0 Å². The summed E-state index contributed by atoms with van der Waals surface area (Å²) in [5.41, 5.74) is 1.33. The molecule has 1 fully saturated rings. The highest BCUT2D eigenvalue weighted by molar-refractivity contribution is 5.37. The van der Waals surface area contributed by atoms with Crippen molar-refractivity contribution in [1.29, 1.82) is 0 Å². The van der Waals surface area contributed by atoms with Crippen molar-refractivity contribution in [2.24, 2.45) is 0 Å². The SMILES string of the molecule is CN1CCCCC1CNC1CCOc2ccccc21. The molecule has 104 valence electrons. The number of piperidine rings is 1. The van der Waals surface area contributed by atoms with Crippen LogP contribution in [-0.4, -0.2) is 37.7 Å². The number of ether oxygens (including phenoxy) is 1. The third-order valence-electron chi connectivity index (χ3n) is 4.48. The average Bonchev–Trinajstić information content (AvgIpc) is 2.46. The normalized spacial score (nSPS) is 27.6. The fraction of sp³-hybridized carbons (Fsp3) is 0.625. The van der Waals surface area contributed by atoms with Crippen molar-refractivity contribution < 1.29 is 4.74 Å². The van der Waals surface area contributed by atoms with Crippen molar-refractivity contribution in [2.75, 3.05) is 26.7 Å². The molecule has 1 aromatic carbocycles. The molecule has 3 nitrogen and oxygen atoms in total. The van der Waals surface area contributed by atoms with Gasteiger partial charge in [0.25, 0.3) is 0 Å². The van der Waals surface area contributed by atoms with E-state index >= 15 is 0 Å². The Kier molecular flexibility index (Phi) is 4.04. The number of hydrogen-bond donors (Lipinski definition) is 1. The van der Waals surface area contributed by atoms with Crippen LogP contribution in [0, 0.1) is 0 Å². The van der Waals surface area contributed by atoms with Gasteiger partial charge in [0.05, 0.1) is 6.61 Å². The smallest absolute Gasteiger partial charge is 0.124 e. The van der Waals surface area contributed by atoms with Crippen LogP contribution in [0.25, 0.3) is 0 Å². The maximum atomic E-state index is 5.72. The number of benzene rings is 1. The summed E-state index contributed by atoms with van der Waals surface area (Å²) in [6, 6.07) is 9.58. The molecule has 2 aliphatic heterocycles. The minimum atomic E-state index is 0.459. The molecule has 1 aromatic rings. The zero-order valence-corrected chi connectivity index (χ0v) is 11.8. The van der Waals surface area contributed by atoms with E-state index in [1.807, 2.05) is 0 Å². The van der Waals surface area contributed by atoms with Crippen LogP contribution in [0.2, 0.25) is 0 Å². The Balaban J connectivity index is 1.61. The van der Waals surface area contributed by atoms with Crippen LogP contribution in [0.5, 0.6) is 5.75 Å². The monoisotopic (exact) mass is 260 g/mol. The predicted molar refractivity (Wildman–Crippen MR) is 77.6 cm³/mol. The highest BCUT2D eigenvalue weighted by Gasteiger charge is 2.23. The largest absolute Gasteiger partial charge is 0.493 e. The van der Waals surface area contributed by atoms with Gasteiger partial charge < -0.3 is 15.0 Å². The highest BCUT2D eigenvalue weighted by Crippen LogP contribution is 2.31. The summed E-state index contributed by atoms with van der Waals surface area (Å²) < 4.78 is 5.72. The van der Waals surface area contributed by atoms with Gasteiger partial charge in [-0.2, -0.15) is 0 Å². The predicted octanol–water partition coefficient (Wildman–Crippen LogP) is 2.58. The zero-order valence-electron chi connectivity index (χ0n) is 11.8. The molecule has 2 unspecified atom stereocenters. The first-order chi connectivity index (χ1) is 9.34. The zero-order chi connectivity index (χ0) is 13.1. The number of likely N-dealkylation sites (tertiary alicyclic amines) is 1. The Morgan fingerprint density at radius 2 is 2.16 bits per heavy atom. The Labute approximate surface area is 115 Å². The van der Waals surface area contributed by atoms with E-state index in [9.17, 15) is 0 Å². The Hall–Kier alpha value is -1.06. The van der Waals surface area contributed by atoms with Crippen molar-refractivity contribution in [3.8, 4) is 5.75 Å². The summed E-state index contributed by atoms with van der Waals surface area (Å²) >= 11 is 0. The molecule has 1 saturated heterocycles. The standard InChI is InChI=1S/C16H24N2O/c1-18-10-5-4-6-13(18)12-17-15-9-11-19-16-8-3-2-7-14(15)16/h2-3,7-8,13,15,17H,4-6,9-12H2,1H3. The molecule has 3 rings (SSSR count). The first-order valence-corrected chi connectivity index (χ1v) is 7.50. The number of likely N-dealkylation sites (N-methyl/N-ethyl adjacent to an activating group) is 1. The third-order valence-corrected chi connectivity index (χ3v) is 4.48. The molecular formula is C16H24N2O. The maximum absolute atomic E-state index is 5.72. The van der Waals surface area contributed by atoms with Gasteiger partial charge in [-0.05, 0) is 32.5 Å². The Bertz CT molecular complexity index is 421. The molecule has 2 atom stereocenters. The van der Waals surface area contributed by atoms with Crippen molar-refractivity contribution in [3.63, 3.8) is 0 Å². The Morgan fingerprint density at radius 1 is 1.26 bits per heavy atom. The molecule has 0 radical (unpaired) electrons. The number of rotatable bonds is 3. The lowest BCUT2D eigenvalue weighted by Crippen LogP contribution is -2.44. The molecule has 0 saturated carbocycles. The first kappa shape index (κ1) is 12.9. The van der Waals surface area contributed by atoms with Crippen LogP contribution in [-0.2, 0) is 0 Å². The molecule has 0 aliphatic carbocycles. The van der Waals surface area contributed by atoms with Gasteiger partial charge in [-0.25, -0.2) is 0 Å². The van der Waals surface area contributed by atoms with Crippen molar-refractivity contribution in [2.45, 2.75) is 37.8 Å². The summed E-state index contributed by atoms with van der Waals surface area (Å²) in [5.74, 6) is 1.06. The Morgan fingerprint density at radius 3 is 3.05 bits per heavy atom. The van der Waals surface area contributed by atoms with Crippen molar-refractivity contribution in [1.82, 2.24) is 10.2 Å². The quantitative estimate of drug-likeness (QED) is 0.904. The molecule has 0 spiro atoms. The lowest BCUT2D eigenvalue weighted by Gasteiger charge is -2.35. The molecule has 3 heteroatoms. The number of para-hydroxylation sites is 1. The summed E-state index contributed by atoms with van der Waals surface area (Å²) in [7, 11) is 2.25. The summed E-state index contributed by atoms with van der Waals surface area (Å²) in [5, 5.41) is 3.76. The van der Waals surface area contributed by atoms with Gasteiger partial charge in [-0.15, -0.1) is 0 Å². The number of hydrogen-bond acceptors (Lipinski definition) is 3. The second-order valence-corrected chi connectivity index (χ2v) is 5.77. The average molecular weight is 260 g/mol. The number of nitrogens with one attached hydrogen (secondary N) is 1. The van der Waals surface area contributed by atoms with Crippen LogP contribution in [0.4, 0.5) is 0 Å². The third kappa shape index (κ3) is 2.93. The van der Waals surface area contributed by atoms with Gasteiger partial charge in [-0.1, -0.05) is 24.6 Å². The topological polar surface area (TPSA) is 24.5 Å². The van der Waals surface area contributed by atoms with E-state index in [2.05, 4.69) is 41.5 Å². The molecular weight excluding hydrogens is 236 g/mol. The van der Waals surface area contributed by atoms with Crippen molar-refractivity contribution in [3.05, 3.63) is 29.8 Å². The fourth-order valence-corrected chi connectivity index (χ4v) is 3.23. The van der Waals surface area contributed by atoms with Crippen LogP contribution >= 0.6 is 0 Å². The molecule has 19 heavy (non-hydrogen) atoms. The number of fused-ring (bicyclic) bond motifs is 1. The maximum Gasteiger partial charge on any atom is 0.124 e. The van der Waals surface area contributed by atoms with E-state index in [0.717, 1.165) is 25.3 Å². The molecule has 2 aliphatic rings. The summed E-state index contributed by atoms with van der Waals surface area (Å²) in [6.45, 7) is 3.17. The minimum absolute atomic E-state index is 0.459. The lowest BCUT2D eigenvalue weighted by atomic mass is 9.98. The van der Waals surface area contributed by atoms with Crippen LogP contribution < -0.4 is 10.1 Å². The van der Waals surface area contributed by atoms with Gasteiger partial charge in [0.15, 0.2) is 0 Å². The van der Waals surface area contributed by atoms with E-state index in [1.165, 1.54) is 31.4 Å². The summed E-state index contributed by atoms with van der Waals surface area (Å²) in [6.07, 6.45) is 5.13. The van der Waals surface area contributed by atoms with Gasteiger partial charge in [0.1, 0.15) is 5.75 Å². The van der Waals surface area contributed by atoms with Crippen molar-refractivity contribution >= 4 is 0 Å². The lowest BCUT2D eigenvalue weighted by molar-refractivity contribution is 0.171. The van der Waals surface area contributed by atoms with E-state index < -0.39 is 0 Å². The van der Waals surface area contributed by atoms with Gasteiger partial charge in [-0.3, -0.25) is 0 Å². The molecule has 0 aromatic heterocycles. The van der Waals surface area contributed by atoms with Crippen LogP contribution in [0.15, 0.2) is 24.3 Å². The van der Waals surface area contributed by atoms with Gasteiger partial charge in [0.2, 0.25) is 0 Å². The van der Waals surface area contributed by atoms with Gasteiger partial charge in [0, 0.05) is 30.6 Å². The van der Waals surface area contributed by atoms with E-state index in [0.29, 0.717) is 12.1 Å². The molecule has 2 heterocycles. The van der Waals surface area contributed by atoms with E-state index in [1.54, 1.807) is 0 Å².